The third-order valence-corrected chi connectivity index (χ3v) is 3.35. The first-order valence-corrected chi connectivity index (χ1v) is 6.42. The van der Waals surface area contributed by atoms with E-state index >= 15 is 0 Å². The van der Waals surface area contributed by atoms with E-state index in [1.54, 1.807) is 11.3 Å². The molecule has 1 amide bonds. The van der Waals surface area contributed by atoms with Gasteiger partial charge in [-0.1, -0.05) is 6.07 Å². The van der Waals surface area contributed by atoms with Gasteiger partial charge in [-0.25, -0.2) is 0 Å². The van der Waals surface area contributed by atoms with Crippen molar-refractivity contribution in [3.05, 3.63) is 22.4 Å². The Labute approximate surface area is 105 Å². The van der Waals surface area contributed by atoms with E-state index in [1.165, 1.54) is 4.90 Å². The first-order chi connectivity index (χ1) is 8.00. The molecule has 1 rings (SSSR count). The number of amides is 1. The Bertz CT molecular complexity index is 373. The lowest BCUT2D eigenvalue weighted by atomic mass is 10.2. The minimum Gasteiger partial charge on any atom is -0.480 e. The predicted molar refractivity (Wildman–Crippen MR) is 67.1 cm³/mol. The Balaban J connectivity index is 2.50. The topological polar surface area (TPSA) is 57.6 Å². The molecule has 5 heteroatoms. The van der Waals surface area contributed by atoms with Gasteiger partial charge < -0.3 is 10.0 Å². The highest BCUT2D eigenvalue weighted by molar-refractivity contribution is 7.09. The molecule has 0 unspecified atom stereocenters. The Morgan fingerprint density at radius 1 is 1.47 bits per heavy atom. The summed E-state index contributed by atoms with van der Waals surface area (Å²) < 4.78 is 0. The average molecular weight is 255 g/mol. The third-order valence-electron chi connectivity index (χ3n) is 2.41. The molecular weight excluding hydrogens is 238 g/mol. The molecule has 1 N–H and O–H groups in total. The van der Waals surface area contributed by atoms with Crippen LogP contribution in [0.5, 0.6) is 0 Å². The summed E-state index contributed by atoms with van der Waals surface area (Å²) in [6.07, 6.45) is 1.05. The number of thiophene rings is 1. The van der Waals surface area contributed by atoms with Gasteiger partial charge in [0.05, 0.1) is 0 Å². The number of carbonyl (C=O) groups is 2. The SMILES string of the molecule is CC(C)N(CC(=O)O)C(=O)CCc1cccs1. The van der Waals surface area contributed by atoms with Crippen LogP contribution in [0.15, 0.2) is 17.5 Å². The van der Waals surface area contributed by atoms with Crippen molar-refractivity contribution in [1.29, 1.82) is 0 Å². The lowest BCUT2D eigenvalue weighted by Gasteiger charge is -2.24. The maximum Gasteiger partial charge on any atom is 0.323 e. The van der Waals surface area contributed by atoms with Crippen LogP contribution in [0.2, 0.25) is 0 Å². The lowest BCUT2D eigenvalue weighted by Crippen LogP contribution is -2.40. The summed E-state index contributed by atoms with van der Waals surface area (Å²) in [5, 5.41) is 10.7. The number of carboxylic acid groups (broad SMARTS) is 1. The first kappa shape index (κ1) is 13.7. The van der Waals surface area contributed by atoms with Crippen molar-refractivity contribution < 1.29 is 14.7 Å². The average Bonchev–Trinajstić information content (AvgIpc) is 2.74. The first-order valence-electron chi connectivity index (χ1n) is 5.54. The van der Waals surface area contributed by atoms with Gasteiger partial charge in [0.15, 0.2) is 0 Å². The van der Waals surface area contributed by atoms with Gasteiger partial charge in [0.25, 0.3) is 0 Å². The smallest absolute Gasteiger partial charge is 0.323 e. The summed E-state index contributed by atoms with van der Waals surface area (Å²) in [6.45, 7) is 3.43. The van der Waals surface area contributed by atoms with Crippen LogP contribution in [0.3, 0.4) is 0 Å². The molecule has 94 valence electrons. The van der Waals surface area contributed by atoms with Gasteiger partial charge in [0.1, 0.15) is 6.54 Å². The molecule has 0 atom stereocenters. The van der Waals surface area contributed by atoms with E-state index < -0.39 is 5.97 Å². The molecule has 0 bridgehead atoms. The van der Waals surface area contributed by atoms with Crippen LogP contribution in [0.1, 0.15) is 25.1 Å². The van der Waals surface area contributed by atoms with Gasteiger partial charge >= 0.3 is 5.97 Å². The Morgan fingerprint density at radius 2 is 2.18 bits per heavy atom. The van der Waals surface area contributed by atoms with Gasteiger partial charge in [0, 0.05) is 17.3 Å². The Kier molecular flexibility index (Phi) is 5.15. The quantitative estimate of drug-likeness (QED) is 0.846. The van der Waals surface area contributed by atoms with Crippen LogP contribution >= 0.6 is 11.3 Å². The number of carboxylic acids is 1. The number of hydrogen-bond acceptors (Lipinski definition) is 3. The molecular formula is C12H17NO3S. The maximum absolute atomic E-state index is 11.9. The minimum absolute atomic E-state index is 0.0815. The van der Waals surface area contributed by atoms with E-state index in [2.05, 4.69) is 0 Å². The largest absolute Gasteiger partial charge is 0.480 e. The van der Waals surface area contributed by atoms with Crippen LogP contribution in [0.25, 0.3) is 0 Å². The van der Waals surface area contributed by atoms with E-state index in [-0.39, 0.29) is 18.5 Å². The second-order valence-electron chi connectivity index (χ2n) is 4.09. The van der Waals surface area contributed by atoms with Crippen molar-refractivity contribution in [2.24, 2.45) is 0 Å². The molecule has 0 radical (unpaired) electrons. The highest BCUT2D eigenvalue weighted by Gasteiger charge is 2.19. The Morgan fingerprint density at radius 3 is 2.65 bits per heavy atom. The maximum atomic E-state index is 11.9. The van der Waals surface area contributed by atoms with Crippen molar-refractivity contribution in [3.8, 4) is 0 Å². The zero-order chi connectivity index (χ0) is 12.8. The lowest BCUT2D eigenvalue weighted by molar-refractivity contribution is -0.145. The van der Waals surface area contributed by atoms with E-state index in [9.17, 15) is 9.59 Å². The molecule has 1 aromatic heterocycles. The third kappa shape index (κ3) is 4.56. The van der Waals surface area contributed by atoms with Gasteiger partial charge in [-0.2, -0.15) is 0 Å². The van der Waals surface area contributed by atoms with Crippen LogP contribution in [-0.4, -0.2) is 34.5 Å². The fourth-order valence-electron chi connectivity index (χ4n) is 1.53. The number of rotatable bonds is 6. The zero-order valence-electron chi connectivity index (χ0n) is 10.0. The van der Waals surface area contributed by atoms with Crippen LogP contribution in [0.4, 0.5) is 0 Å². The fourth-order valence-corrected chi connectivity index (χ4v) is 2.24. The molecule has 17 heavy (non-hydrogen) atoms. The molecule has 0 spiro atoms. The molecule has 0 aliphatic rings. The summed E-state index contributed by atoms with van der Waals surface area (Å²) >= 11 is 1.61. The van der Waals surface area contributed by atoms with Crippen molar-refractivity contribution in [1.82, 2.24) is 4.90 Å². The number of aryl methyl sites for hydroxylation is 1. The monoisotopic (exact) mass is 255 g/mol. The Hall–Kier alpha value is -1.36. The number of nitrogens with zero attached hydrogens (tertiary/aromatic N) is 1. The molecule has 1 heterocycles. The minimum atomic E-state index is -0.969. The van der Waals surface area contributed by atoms with Crippen molar-refractivity contribution in [3.63, 3.8) is 0 Å². The van der Waals surface area contributed by atoms with Gasteiger partial charge in [-0.05, 0) is 31.7 Å². The van der Waals surface area contributed by atoms with Gasteiger partial charge in [-0.15, -0.1) is 11.3 Å². The standard InChI is InChI=1S/C12H17NO3S/c1-9(2)13(8-12(15)16)11(14)6-5-10-4-3-7-17-10/h3-4,7,9H,5-6,8H2,1-2H3,(H,15,16). The molecule has 0 saturated carbocycles. The van der Waals surface area contributed by atoms with Gasteiger partial charge in [0.2, 0.25) is 5.91 Å². The fraction of sp³-hybridized carbons (Fsp3) is 0.500. The van der Waals surface area contributed by atoms with E-state index in [0.29, 0.717) is 12.8 Å². The molecule has 4 nitrogen and oxygen atoms in total. The normalized spacial score (nSPS) is 10.5. The molecule has 0 aromatic carbocycles. The second kappa shape index (κ2) is 6.39. The highest BCUT2D eigenvalue weighted by Crippen LogP contribution is 2.12. The molecule has 0 aliphatic heterocycles. The number of hydrogen-bond donors (Lipinski definition) is 1. The van der Waals surface area contributed by atoms with E-state index in [4.69, 9.17) is 5.11 Å². The van der Waals surface area contributed by atoms with E-state index in [0.717, 1.165) is 4.88 Å². The number of aliphatic carboxylic acids is 1. The highest BCUT2D eigenvalue weighted by atomic mass is 32.1. The molecule has 1 aromatic rings. The predicted octanol–water partition coefficient (Wildman–Crippen LogP) is 2.00. The van der Waals surface area contributed by atoms with Crippen LogP contribution in [0, 0.1) is 0 Å². The summed E-state index contributed by atoms with van der Waals surface area (Å²) in [6, 6.07) is 3.85. The van der Waals surface area contributed by atoms with Crippen molar-refractivity contribution >= 4 is 23.2 Å². The molecule has 0 fully saturated rings. The summed E-state index contributed by atoms with van der Waals surface area (Å²) in [5.41, 5.74) is 0. The number of carbonyl (C=O) groups excluding carboxylic acids is 1. The van der Waals surface area contributed by atoms with E-state index in [1.807, 2.05) is 31.4 Å². The molecule has 0 aliphatic carbocycles. The van der Waals surface area contributed by atoms with Crippen LogP contribution < -0.4 is 0 Å². The summed E-state index contributed by atoms with van der Waals surface area (Å²) in [4.78, 5) is 25.1. The summed E-state index contributed by atoms with van der Waals surface area (Å²) in [5.74, 6) is -1.07. The van der Waals surface area contributed by atoms with Gasteiger partial charge in [-0.3, -0.25) is 9.59 Å². The molecule has 0 saturated heterocycles. The van der Waals surface area contributed by atoms with Crippen molar-refractivity contribution in [2.45, 2.75) is 32.7 Å². The van der Waals surface area contributed by atoms with Crippen molar-refractivity contribution in [2.75, 3.05) is 6.54 Å². The second-order valence-corrected chi connectivity index (χ2v) is 5.12. The summed E-state index contributed by atoms with van der Waals surface area (Å²) in [7, 11) is 0. The van der Waals surface area contributed by atoms with Crippen LogP contribution in [-0.2, 0) is 16.0 Å². The zero-order valence-corrected chi connectivity index (χ0v) is 10.9.